The maximum absolute atomic E-state index is 10.4. The van der Waals surface area contributed by atoms with Gasteiger partial charge in [-0.1, -0.05) is 0 Å². The van der Waals surface area contributed by atoms with E-state index in [4.69, 9.17) is 10.8 Å². The number of hydrogen-bond donors (Lipinski definition) is 3. The Morgan fingerprint density at radius 2 is 2.10 bits per heavy atom. The van der Waals surface area contributed by atoms with Crippen molar-refractivity contribution in [3.63, 3.8) is 0 Å². The van der Waals surface area contributed by atoms with Gasteiger partial charge in [0.2, 0.25) is 0 Å². The number of amides is 1. The normalized spacial score (nSPS) is 12.2. The van der Waals surface area contributed by atoms with Crippen LogP contribution in [0.3, 0.4) is 0 Å². The highest BCUT2D eigenvalue weighted by atomic mass is 16.6. The van der Waals surface area contributed by atoms with Crippen LogP contribution in [0.25, 0.3) is 0 Å². The van der Waals surface area contributed by atoms with Gasteiger partial charge in [0.1, 0.15) is 6.04 Å². The number of ether oxygens (including phenoxy) is 1. The lowest BCUT2D eigenvalue weighted by Crippen LogP contribution is -2.37. The van der Waals surface area contributed by atoms with Crippen LogP contribution in [0.1, 0.15) is 0 Å². The fourth-order valence-electron chi connectivity index (χ4n) is 0.249. The van der Waals surface area contributed by atoms with E-state index in [-0.39, 0.29) is 0 Å². The van der Waals surface area contributed by atoms with Crippen LogP contribution in [0.4, 0.5) is 4.79 Å². The molecule has 6 heteroatoms. The molecule has 0 saturated carbocycles. The van der Waals surface area contributed by atoms with Gasteiger partial charge in [-0.3, -0.25) is 0 Å². The molecule has 0 heterocycles. The SMILES string of the molecule is NC(=O)OC(=O)C(N)CO. The van der Waals surface area contributed by atoms with E-state index in [9.17, 15) is 9.59 Å². The standard InChI is InChI=1S/C4H8N2O4/c5-2(1-7)3(8)10-4(6)9/h2,7H,1,5H2,(H2,6,9). The highest BCUT2D eigenvalue weighted by Gasteiger charge is 2.15. The third kappa shape index (κ3) is 3.00. The lowest BCUT2D eigenvalue weighted by atomic mass is 10.3. The van der Waals surface area contributed by atoms with Crippen LogP contribution < -0.4 is 11.5 Å². The van der Waals surface area contributed by atoms with Crippen LogP contribution in [-0.4, -0.2) is 29.8 Å². The number of carbonyl (C=O) groups excluding carboxylic acids is 2. The molecule has 0 saturated heterocycles. The minimum Gasteiger partial charge on any atom is -0.394 e. The van der Waals surface area contributed by atoms with Gasteiger partial charge in [-0.25, -0.2) is 9.59 Å². The van der Waals surface area contributed by atoms with Crippen LogP contribution in [0.2, 0.25) is 0 Å². The Kier molecular flexibility index (Phi) is 3.37. The summed E-state index contributed by atoms with van der Waals surface area (Å²) in [6, 6.07) is -1.20. The number of nitrogens with two attached hydrogens (primary N) is 2. The smallest absolute Gasteiger partial charge is 0.394 e. The number of aliphatic hydroxyl groups is 1. The molecule has 1 atom stereocenters. The van der Waals surface area contributed by atoms with Crippen molar-refractivity contribution < 1.29 is 19.4 Å². The van der Waals surface area contributed by atoms with Crippen molar-refractivity contribution in [2.75, 3.05) is 6.61 Å². The number of aliphatic hydroxyl groups excluding tert-OH is 1. The summed E-state index contributed by atoms with van der Waals surface area (Å²) in [5.41, 5.74) is 9.40. The first-order valence-corrected chi connectivity index (χ1v) is 2.45. The lowest BCUT2D eigenvalue weighted by Gasteiger charge is -2.03. The highest BCUT2D eigenvalue weighted by Crippen LogP contribution is 1.82. The van der Waals surface area contributed by atoms with Gasteiger partial charge < -0.3 is 21.3 Å². The minimum atomic E-state index is -1.23. The van der Waals surface area contributed by atoms with Gasteiger partial charge in [0, 0.05) is 0 Å². The predicted octanol–water partition coefficient (Wildman–Crippen LogP) is -2.07. The van der Waals surface area contributed by atoms with Gasteiger partial charge in [0.15, 0.2) is 0 Å². The zero-order chi connectivity index (χ0) is 8.15. The molecule has 0 aliphatic rings. The Morgan fingerprint density at radius 1 is 1.60 bits per heavy atom. The monoisotopic (exact) mass is 148 g/mol. The Bertz CT molecular complexity index is 146. The van der Waals surface area contributed by atoms with E-state index in [0.717, 1.165) is 0 Å². The number of rotatable bonds is 2. The van der Waals surface area contributed by atoms with E-state index in [2.05, 4.69) is 10.5 Å². The van der Waals surface area contributed by atoms with Crippen molar-refractivity contribution in [1.82, 2.24) is 0 Å². The Hall–Kier alpha value is -1.14. The van der Waals surface area contributed by atoms with Crippen LogP contribution in [0.5, 0.6) is 0 Å². The summed E-state index contributed by atoms with van der Waals surface area (Å²) in [7, 11) is 0. The van der Waals surface area contributed by atoms with Crippen molar-refractivity contribution in [2.45, 2.75) is 6.04 Å². The zero-order valence-corrected chi connectivity index (χ0v) is 5.11. The third-order valence-corrected chi connectivity index (χ3v) is 0.701. The van der Waals surface area contributed by atoms with Gasteiger partial charge in [-0.2, -0.15) is 0 Å². The maximum Gasteiger partial charge on any atom is 0.412 e. The summed E-state index contributed by atoms with van der Waals surface area (Å²) in [4.78, 5) is 20.2. The molecule has 0 rings (SSSR count). The first-order valence-electron chi connectivity index (χ1n) is 2.45. The first-order chi connectivity index (χ1) is 4.57. The number of esters is 1. The van der Waals surface area contributed by atoms with E-state index in [1.807, 2.05) is 0 Å². The Morgan fingerprint density at radius 3 is 2.40 bits per heavy atom. The van der Waals surface area contributed by atoms with Gasteiger partial charge >= 0.3 is 12.1 Å². The van der Waals surface area contributed by atoms with Crippen molar-refractivity contribution >= 4 is 12.1 Å². The molecule has 0 fully saturated rings. The summed E-state index contributed by atoms with van der Waals surface area (Å²) in [6.07, 6.45) is -1.23. The quantitative estimate of drug-likeness (QED) is 0.307. The summed E-state index contributed by atoms with van der Waals surface area (Å²) in [6.45, 7) is -0.577. The first kappa shape index (κ1) is 8.86. The summed E-state index contributed by atoms with van der Waals surface area (Å²) in [5, 5.41) is 8.24. The zero-order valence-electron chi connectivity index (χ0n) is 5.11. The fourth-order valence-corrected chi connectivity index (χ4v) is 0.249. The molecule has 1 unspecified atom stereocenters. The molecule has 0 aliphatic heterocycles. The number of primary amides is 1. The van der Waals surface area contributed by atoms with Crippen molar-refractivity contribution in [3.8, 4) is 0 Å². The number of carbonyl (C=O) groups is 2. The fraction of sp³-hybridized carbons (Fsp3) is 0.500. The average Bonchev–Trinajstić information content (AvgIpc) is 1.85. The van der Waals surface area contributed by atoms with E-state index < -0.39 is 24.7 Å². The van der Waals surface area contributed by atoms with E-state index >= 15 is 0 Å². The summed E-state index contributed by atoms with van der Waals surface area (Å²) < 4.78 is 3.82. The molecule has 58 valence electrons. The van der Waals surface area contributed by atoms with Crippen LogP contribution in [-0.2, 0) is 9.53 Å². The molecule has 0 aliphatic carbocycles. The average molecular weight is 148 g/mol. The molecule has 6 nitrogen and oxygen atoms in total. The second kappa shape index (κ2) is 3.80. The predicted molar refractivity (Wildman–Crippen MR) is 30.7 cm³/mol. The van der Waals surface area contributed by atoms with Crippen LogP contribution in [0.15, 0.2) is 0 Å². The molecule has 0 aromatic rings. The molecule has 0 spiro atoms. The molecular weight excluding hydrogens is 140 g/mol. The lowest BCUT2D eigenvalue weighted by molar-refractivity contribution is -0.139. The third-order valence-electron chi connectivity index (χ3n) is 0.701. The summed E-state index contributed by atoms with van der Waals surface area (Å²) >= 11 is 0. The van der Waals surface area contributed by atoms with E-state index in [1.54, 1.807) is 0 Å². The molecular formula is C4H8N2O4. The van der Waals surface area contributed by atoms with Gasteiger partial charge in [-0.05, 0) is 0 Å². The van der Waals surface area contributed by atoms with Gasteiger partial charge in [0.05, 0.1) is 6.61 Å². The van der Waals surface area contributed by atoms with Gasteiger partial charge in [-0.15, -0.1) is 0 Å². The molecule has 1 amide bonds. The Balaban J connectivity index is 3.73. The van der Waals surface area contributed by atoms with Gasteiger partial charge in [0.25, 0.3) is 0 Å². The molecule has 5 N–H and O–H groups in total. The van der Waals surface area contributed by atoms with E-state index in [1.165, 1.54) is 0 Å². The molecule has 0 radical (unpaired) electrons. The van der Waals surface area contributed by atoms with Crippen molar-refractivity contribution in [1.29, 1.82) is 0 Å². The van der Waals surface area contributed by atoms with Crippen molar-refractivity contribution in [3.05, 3.63) is 0 Å². The molecule has 10 heavy (non-hydrogen) atoms. The maximum atomic E-state index is 10.4. The number of hydrogen-bond acceptors (Lipinski definition) is 5. The molecule has 0 bridgehead atoms. The molecule has 0 aromatic heterocycles. The second-order valence-electron chi connectivity index (χ2n) is 1.53. The minimum absolute atomic E-state index is 0.577. The second-order valence-corrected chi connectivity index (χ2v) is 1.53. The van der Waals surface area contributed by atoms with Crippen LogP contribution in [0, 0.1) is 0 Å². The topological polar surface area (TPSA) is 116 Å². The summed E-state index contributed by atoms with van der Waals surface area (Å²) in [5.74, 6) is -1.03. The van der Waals surface area contributed by atoms with E-state index in [0.29, 0.717) is 0 Å². The molecule has 0 aromatic carbocycles. The van der Waals surface area contributed by atoms with Crippen LogP contribution >= 0.6 is 0 Å². The largest absolute Gasteiger partial charge is 0.412 e. The Labute approximate surface area is 56.7 Å². The van der Waals surface area contributed by atoms with Crippen molar-refractivity contribution in [2.24, 2.45) is 11.5 Å². The highest BCUT2D eigenvalue weighted by molar-refractivity contribution is 5.86.